The molecule has 1 atom stereocenters. The summed E-state index contributed by atoms with van der Waals surface area (Å²) in [6.45, 7) is 0. The van der Waals surface area contributed by atoms with E-state index in [1.165, 1.54) is 0 Å². The van der Waals surface area contributed by atoms with Gasteiger partial charge in [0.05, 0.1) is 0 Å². The first kappa shape index (κ1) is 11.9. The van der Waals surface area contributed by atoms with Gasteiger partial charge in [-0.15, -0.1) is 0 Å². The summed E-state index contributed by atoms with van der Waals surface area (Å²) in [6, 6.07) is 0. The molecule has 0 bridgehead atoms. The van der Waals surface area contributed by atoms with Crippen LogP contribution in [0.5, 0.6) is 0 Å². The predicted octanol–water partition coefficient (Wildman–Crippen LogP) is 1.81. The van der Waals surface area contributed by atoms with Crippen LogP contribution in [0.25, 0.3) is 0 Å². The molecule has 0 aromatic heterocycles. The number of rotatable bonds is 1. The smallest absolute Gasteiger partial charge is 0.131 e. The molecule has 0 radical (unpaired) electrons. The van der Waals surface area contributed by atoms with Crippen LogP contribution in [0.2, 0.25) is 0 Å². The average molecular weight is 331 g/mol. The number of aliphatic hydroxyl groups is 1. The monoisotopic (exact) mass is 328 g/mol. The Morgan fingerprint density at radius 1 is 1.14 bits per heavy atom. The van der Waals surface area contributed by atoms with Crippen LogP contribution in [0.4, 0.5) is 0 Å². The maximum absolute atomic E-state index is 8.45. The molecule has 42 valence electrons. The van der Waals surface area contributed by atoms with Gasteiger partial charge in [0.2, 0.25) is 0 Å². The Balaban J connectivity index is 0. The molecule has 0 saturated carbocycles. The summed E-state index contributed by atoms with van der Waals surface area (Å²) in [5.41, 5.74) is 0. The van der Waals surface area contributed by atoms with E-state index in [9.17, 15) is 0 Å². The van der Waals surface area contributed by atoms with E-state index in [0.717, 1.165) is 0 Å². The molecule has 0 aromatic rings. The van der Waals surface area contributed by atoms with E-state index in [2.05, 4.69) is 47.8 Å². The Labute approximate surface area is 82.5 Å². The van der Waals surface area contributed by atoms with Gasteiger partial charge >= 0.3 is 0 Å². The molecule has 0 aromatic carbocycles. The number of halogens is 3. The first-order chi connectivity index (χ1) is 2.64. The molecule has 7 heavy (non-hydrogen) atoms. The van der Waals surface area contributed by atoms with E-state index < -0.39 is 5.01 Å². The van der Waals surface area contributed by atoms with Crippen molar-refractivity contribution in [2.45, 2.75) is 8.75 Å². The quantitative estimate of drug-likeness (QED) is 0.574. The van der Waals surface area contributed by atoms with Crippen LogP contribution in [0, 0.1) is 0 Å². The number of alkyl halides is 3. The summed E-state index contributed by atoms with van der Waals surface area (Å²) >= 11 is 9.02. The van der Waals surface area contributed by atoms with Crippen LogP contribution in [0.1, 0.15) is 0 Å². The van der Waals surface area contributed by atoms with Crippen molar-refractivity contribution in [3.63, 3.8) is 0 Å². The standard InChI is InChI=1S/C2H3Br3O.Ti/c3-1(4)2(5)6;/h1-2,6H;. The zero-order valence-electron chi connectivity index (χ0n) is 3.24. The van der Waals surface area contributed by atoms with E-state index in [0.29, 0.717) is 0 Å². The molecule has 0 aliphatic rings. The fourth-order valence-corrected chi connectivity index (χ4v) is 0. The molecule has 1 nitrogen and oxygen atoms in total. The van der Waals surface area contributed by atoms with Crippen molar-refractivity contribution in [1.29, 1.82) is 0 Å². The van der Waals surface area contributed by atoms with Gasteiger partial charge in [0, 0.05) is 21.7 Å². The van der Waals surface area contributed by atoms with Crippen LogP contribution in [-0.2, 0) is 21.7 Å². The summed E-state index contributed by atoms with van der Waals surface area (Å²) in [7, 11) is 0. The molecular formula is C2H3Br3OTi. The molecule has 0 aliphatic carbocycles. The van der Waals surface area contributed by atoms with E-state index in [4.69, 9.17) is 5.11 Å². The second-order valence-electron chi connectivity index (χ2n) is 0.707. The second kappa shape index (κ2) is 6.24. The topological polar surface area (TPSA) is 20.2 Å². The largest absolute Gasteiger partial charge is 0.380 e. The minimum atomic E-state index is -0.502. The summed E-state index contributed by atoms with van der Waals surface area (Å²) in [4.78, 5) is 0. The fraction of sp³-hybridized carbons (Fsp3) is 1.00. The third kappa shape index (κ3) is 8.11. The number of aliphatic hydroxyl groups excluding tert-OH is 1. The van der Waals surface area contributed by atoms with Crippen molar-refractivity contribution in [2.75, 3.05) is 0 Å². The van der Waals surface area contributed by atoms with Crippen molar-refractivity contribution < 1.29 is 26.8 Å². The van der Waals surface area contributed by atoms with Crippen LogP contribution < -0.4 is 0 Å². The van der Waals surface area contributed by atoms with E-state index in [1.54, 1.807) is 0 Å². The Bertz CT molecular complexity index is 33.9. The maximum atomic E-state index is 8.45. The molecule has 0 saturated heterocycles. The van der Waals surface area contributed by atoms with Gasteiger partial charge in [-0.05, 0) is 0 Å². The van der Waals surface area contributed by atoms with E-state index in [-0.39, 0.29) is 25.5 Å². The molecule has 1 N–H and O–H groups in total. The molecule has 0 heterocycles. The normalized spacial score (nSPS) is 13.3. The Morgan fingerprint density at radius 2 is 1.29 bits per heavy atom. The number of hydrogen-bond donors (Lipinski definition) is 1. The van der Waals surface area contributed by atoms with Crippen molar-refractivity contribution in [1.82, 2.24) is 0 Å². The van der Waals surface area contributed by atoms with Gasteiger partial charge in [-0.1, -0.05) is 47.8 Å². The van der Waals surface area contributed by atoms with Crippen LogP contribution in [0.3, 0.4) is 0 Å². The molecule has 5 heteroatoms. The molecule has 0 fully saturated rings. The SMILES string of the molecule is OC(Br)C(Br)Br.[Ti]. The number of hydrogen-bond acceptors (Lipinski definition) is 1. The first-order valence-electron chi connectivity index (χ1n) is 1.25. The van der Waals surface area contributed by atoms with Gasteiger partial charge in [-0.3, -0.25) is 0 Å². The van der Waals surface area contributed by atoms with Crippen LogP contribution in [0.15, 0.2) is 0 Å². The van der Waals surface area contributed by atoms with Gasteiger partial charge in [-0.25, -0.2) is 0 Å². The zero-order chi connectivity index (χ0) is 5.15. The minimum absolute atomic E-state index is 0. The molecule has 0 rings (SSSR count). The van der Waals surface area contributed by atoms with E-state index >= 15 is 0 Å². The third-order valence-electron chi connectivity index (χ3n) is 0.208. The predicted molar refractivity (Wildman–Crippen MR) is 36.6 cm³/mol. The minimum Gasteiger partial charge on any atom is -0.380 e. The van der Waals surface area contributed by atoms with Crippen molar-refractivity contribution >= 4 is 47.8 Å². The van der Waals surface area contributed by atoms with E-state index in [1.807, 2.05) is 0 Å². The molecule has 1 unspecified atom stereocenters. The summed E-state index contributed by atoms with van der Waals surface area (Å²) in [6.07, 6.45) is 0. The van der Waals surface area contributed by atoms with Gasteiger partial charge in [0.15, 0.2) is 0 Å². The molecule has 0 spiro atoms. The average Bonchev–Trinajstić information content (AvgIpc) is 1.36. The summed E-state index contributed by atoms with van der Waals surface area (Å²) in [5, 5.41) is 7.95. The van der Waals surface area contributed by atoms with Crippen molar-refractivity contribution in [2.24, 2.45) is 0 Å². The molecular weight excluding hydrogens is 328 g/mol. The van der Waals surface area contributed by atoms with Gasteiger partial charge < -0.3 is 5.11 Å². The Kier molecular flexibility index (Phi) is 10.6. The second-order valence-corrected chi connectivity index (χ2v) is 4.85. The Morgan fingerprint density at radius 3 is 1.29 bits per heavy atom. The summed E-state index contributed by atoms with van der Waals surface area (Å²) in [5.74, 6) is 0. The van der Waals surface area contributed by atoms with Crippen molar-refractivity contribution in [3.8, 4) is 0 Å². The van der Waals surface area contributed by atoms with Crippen molar-refractivity contribution in [3.05, 3.63) is 0 Å². The van der Waals surface area contributed by atoms with Gasteiger partial charge in [0.1, 0.15) is 8.75 Å². The van der Waals surface area contributed by atoms with Crippen LogP contribution >= 0.6 is 47.8 Å². The summed E-state index contributed by atoms with van der Waals surface area (Å²) < 4.78 is -0.0509. The Hall–Kier alpha value is 2.11. The maximum Gasteiger partial charge on any atom is 0.131 e. The third-order valence-corrected chi connectivity index (χ3v) is 3.16. The molecule has 0 aliphatic heterocycles. The van der Waals surface area contributed by atoms with Gasteiger partial charge in [0.25, 0.3) is 0 Å². The van der Waals surface area contributed by atoms with Gasteiger partial charge in [-0.2, -0.15) is 0 Å². The molecule has 0 amide bonds. The van der Waals surface area contributed by atoms with Crippen LogP contribution in [-0.4, -0.2) is 13.9 Å². The first-order valence-corrected chi connectivity index (χ1v) is 3.99. The fourth-order valence-electron chi connectivity index (χ4n) is 0. The zero-order valence-corrected chi connectivity index (χ0v) is 9.56.